The maximum atomic E-state index is 9.77. The Morgan fingerprint density at radius 2 is 1.84 bits per heavy atom. The molecule has 1 aromatic carbocycles. The highest BCUT2D eigenvalue weighted by atomic mass is 16.7. The standard InChI is InChI=1S/C13H19NO5/c14-10-12(17)11(16)9(6-15)19-13(10)18-7-8-4-2-1-3-5-8/h1-5,9-13,15-17H,6-7,14H2/t9-,10+,11-,12-,13+/m0/s1. The van der Waals surface area contributed by atoms with Crippen LogP contribution < -0.4 is 5.73 Å². The van der Waals surface area contributed by atoms with Crippen LogP contribution in [0.5, 0.6) is 0 Å². The third-order valence-electron chi connectivity index (χ3n) is 3.19. The first-order valence-electron chi connectivity index (χ1n) is 6.17. The summed E-state index contributed by atoms with van der Waals surface area (Å²) >= 11 is 0. The molecule has 6 nitrogen and oxygen atoms in total. The van der Waals surface area contributed by atoms with E-state index in [2.05, 4.69) is 0 Å². The van der Waals surface area contributed by atoms with Gasteiger partial charge in [0.15, 0.2) is 6.29 Å². The SMILES string of the molecule is N[C@H]1[C@H](OCc2ccccc2)O[C@@H](CO)[C@H](O)[C@H]1O. The Bertz CT molecular complexity index is 386. The van der Waals surface area contributed by atoms with E-state index in [9.17, 15) is 10.2 Å². The van der Waals surface area contributed by atoms with E-state index in [0.29, 0.717) is 0 Å². The fraction of sp³-hybridized carbons (Fsp3) is 0.538. The molecule has 1 heterocycles. The molecule has 1 aliphatic heterocycles. The zero-order valence-electron chi connectivity index (χ0n) is 10.4. The fourth-order valence-corrected chi connectivity index (χ4v) is 2.01. The second kappa shape index (κ2) is 6.42. The number of aliphatic hydroxyl groups excluding tert-OH is 3. The maximum absolute atomic E-state index is 9.77. The first-order valence-corrected chi connectivity index (χ1v) is 6.17. The number of aliphatic hydroxyl groups is 3. The number of hydrogen-bond donors (Lipinski definition) is 4. The molecule has 2 rings (SSSR count). The van der Waals surface area contributed by atoms with Crippen molar-refractivity contribution in [1.82, 2.24) is 0 Å². The Kier molecular flexibility index (Phi) is 4.87. The van der Waals surface area contributed by atoms with Crippen LogP contribution in [0.25, 0.3) is 0 Å². The lowest BCUT2D eigenvalue weighted by atomic mass is 9.98. The molecule has 1 saturated heterocycles. The van der Waals surface area contributed by atoms with Crippen molar-refractivity contribution in [2.24, 2.45) is 5.73 Å². The van der Waals surface area contributed by atoms with Crippen LogP contribution in [0.1, 0.15) is 5.56 Å². The molecule has 106 valence electrons. The van der Waals surface area contributed by atoms with E-state index in [1.54, 1.807) is 0 Å². The molecule has 0 aromatic heterocycles. The van der Waals surface area contributed by atoms with E-state index < -0.39 is 37.3 Å². The summed E-state index contributed by atoms with van der Waals surface area (Å²) in [5.41, 5.74) is 6.70. The summed E-state index contributed by atoms with van der Waals surface area (Å²) in [4.78, 5) is 0. The van der Waals surface area contributed by atoms with Gasteiger partial charge in [-0.1, -0.05) is 30.3 Å². The lowest BCUT2D eigenvalue weighted by Gasteiger charge is -2.40. The first-order chi connectivity index (χ1) is 9.13. The molecule has 1 aromatic rings. The molecule has 5 atom stereocenters. The average molecular weight is 269 g/mol. The first kappa shape index (κ1) is 14.4. The second-order valence-electron chi connectivity index (χ2n) is 4.58. The number of rotatable bonds is 4. The van der Waals surface area contributed by atoms with Gasteiger partial charge >= 0.3 is 0 Å². The van der Waals surface area contributed by atoms with Gasteiger partial charge in [-0.05, 0) is 5.56 Å². The molecule has 19 heavy (non-hydrogen) atoms. The summed E-state index contributed by atoms with van der Waals surface area (Å²) in [6, 6.07) is 8.59. The number of nitrogens with two attached hydrogens (primary N) is 1. The fourth-order valence-electron chi connectivity index (χ4n) is 2.01. The van der Waals surface area contributed by atoms with Crippen LogP contribution in [0.2, 0.25) is 0 Å². The Morgan fingerprint density at radius 3 is 2.47 bits per heavy atom. The van der Waals surface area contributed by atoms with E-state index in [1.165, 1.54) is 0 Å². The van der Waals surface area contributed by atoms with Gasteiger partial charge in [-0.3, -0.25) is 0 Å². The Morgan fingerprint density at radius 1 is 1.16 bits per heavy atom. The van der Waals surface area contributed by atoms with Crippen molar-refractivity contribution in [1.29, 1.82) is 0 Å². The van der Waals surface area contributed by atoms with Crippen LogP contribution in [-0.2, 0) is 16.1 Å². The van der Waals surface area contributed by atoms with Crippen molar-refractivity contribution in [2.75, 3.05) is 6.61 Å². The zero-order valence-corrected chi connectivity index (χ0v) is 10.4. The van der Waals surface area contributed by atoms with Crippen LogP contribution in [0, 0.1) is 0 Å². The molecule has 0 unspecified atom stereocenters. The van der Waals surface area contributed by atoms with E-state index >= 15 is 0 Å². The maximum Gasteiger partial charge on any atom is 0.176 e. The average Bonchev–Trinajstić information content (AvgIpc) is 2.45. The van der Waals surface area contributed by atoms with Crippen LogP contribution in [0.4, 0.5) is 0 Å². The summed E-state index contributed by atoms with van der Waals surface area (Å²) in [7, 11) is 0. The monoisotopic (exact) mass is 269 g/mol. The molecular weight excluding hydrogens is 250 g/mol. The summed E-state index contributed by atoms with van der Waals surface area (Å²) in [5, 5.41) is 28.5. The van der Waals surface area contributed by atoms with Crippen LogP contribution in [0.3, 0.4) is 0 Å². The third-order valence-corrected chi connectivity index (χ3v) is 3.19. The largest absolute Gasteiger partial charge is 0.394 e. The van der Waals surface area contributed by atoms with Crippen molar-refractivity contribution in [3.63, 3.8) is 0 Å². The Balaban J connectivity index is 1.95. The van der Waals surface area contributed by atoms with Crippen molar-refractivity contribution < 1.29 is 24.8 Å². The van der Waals surface area contributed by atoms with E-state index in [0.717, 1.165) is 5.56 Å². The van der Waals surface area contributed by atoms with E-state index in [-0.39, 0.29) is 6.61 Å². The molecule has 0 radical (unpaired) electrons. The highest BCUT2D eigenvalue weighted by Crippen LogP contribution is 2.21. The van der Waals surface area contributed by atoms with Gasteiger partial charge in [-0.25, -0.2) is 0 Å². The predicted octanol–water partition coefficient (Wildman–Crippen LogP) is -1.03. The van der Waals surface area contributed by atoms with E-state index in [4.69, 9.17) is 20.3 Å². The van der Waals surface area contributed by atoms with Crippen LogP contribution >= 0.6 is 0 Å². The van der Waals surface area contributed by atoms with Gasteiger partial charge < -0.3 is 30.5 Å². The smallest absolute Gasteiger partial charge is 0.176 e. The van der Waals surface area contributed by atoms with Gasteiger partial charge in [-0.2, -0.15) is 0 Å². The van der Waals surface area contributed by atoms with Crippen molar-refractivity contribution in [2.45, 2.75) is 37.3 Å². The lowest BCUT2D eigenvalue weighted by molar-refractivity contribution is -0.269. The van der Waals surface area contributed by atoms with Gasteiger partial charge in [-0.15, -0.1) is 0 Å². The highest BCUT2D eigenvalue weighted by Gasteiger charge is 2.42. The van der Waals surface area contributed by atoms with Crippen molar-refractivity contribution in [3.05, 3.63) is 35.9 Å². The number of benzene rings is 1. The van der Waals surface area contributed by atoms with Crippen molar-refractivity contribution in [3.8, 4) is 0 Å². The minimum Gasteiger partial charge on any atom is -0.394 e. The van der Waals surface area contributed by atoms with Gasteiger partial charge in [0.2, 0.25) is 0 Å². The molecule has 0 spiro atoms. The molecule has 6 heteroatoms. The minimum atomic E-state index is -1.21. The molecule has 0 saturated carbocycles. The molecule has 0 bridgehead atoms. The topological polar surface area (TPSA) is 105 Å². The number of hydrogen-bond acceptors (Lipinski definition) is 6. The molecular formula is C13H19NO5. The van der Waals surface area contributed by atoms with Crippen LogP contribution in [0.15, 0.2) is 30.3 Å². The molecule has 1 fully saturated rings. The highest BCUT2D eigenvalue weighted by molar-refractivity contribution is 5.13. The lowest BCUT2D eigenvalue weighted by Crippen LogP contribution is -2.62. The Labute approximate surface area is 111 Å². The minimum absolute atomic E-state index is 0.278. The molecule has 0 aliphatic carbocycles. The summed E-state index contributed by atoms with van der Waals surface area (Å²) in [6.45, 7) is -0.129. The summed E-state index contributed by atoms with van der Waals surface area (Å²) in [6.07, 6.45) is -4.16. The molecule has 1 aliphatic rings. The quantitative estimate of drug-likeness (QED) is 0.557. The van der Waals surface area contributed by atoms with Crippen molar-refractivity contribution >= 4 is 0 Å². The second-order valence-corrected chi connectivity index (χ2v) is 4.58. The van der Waals surface area contributed by atoms with Crippen LogP contribution in [-0.4, -0.2) is 52.6 Å². The van der Waals surface area contributed by atoms with E-state index in [1.807, 2.05) is 30.3 Å². The molecule has 5 N–H and O–H groups in total. The van der Waals surface area contributed by atoms with Gasteiger partial charge in [0.25, 0.3) is 0 Å². The van der Waals surface area contributed by atoms with Gasteiger partial charge in [0.05, 0.1) is 19.3 Å². The normalized spacial score (nSPS) is 35.3. The van der Waals surface area contributed by atoms with Gasteiger partial charge in [0.1, 0.15) is 18.3 Å². The van der Waals surface area contributed by atoms with Gasteiger partial charge in [0, 0.05) is 0 Å². The summed E-state index contributed by atoms with van der Waals surface area (Å²) < 4.78 is 10.8. The summed E-state index contributed by atoms with van der Waals surface area (Å²) in [5.74, 6) is 0. The third kappa shape index (κ3) is 3.30. The molecule has 0 amide bonds. The zero-order chi connectivity index (χ0) is 13.8. The number of ether oxygens (including phenoxy) is 2. The predicted molar refractivity (Wildman–Crippen MR) is 67.0 cm³/mol. The Hall–Kier alpha value is -1.02.